The lowest BCUT2D eigenvalue weighted by atomic mass is 10.0. The van der Waals surface area contributed by atoms with Crippen LogP contribution in [0.25, 0.3) is 0 Å². The van der Waals surface area contributed by atoms with E-state index in [4.69, 9.17) is 10.4 Å². The van der Waals surface area contributed by atoms with E-state index >= 15 is 0 Å². The van der Waals surface area contributed by atoms with Crippen LogP contribution in [-0.4, -0.2) is 23.2 Å². The molecule has 0 amide bonds. The second-order valence-corrected chi connectivity index (χ2v) is 2.35. The monoisotopic (exact) mass is 140 g/mol. The first-order valence-electron chi connectivity index (χ1n) is 3.11. The van der Waals surface area contributed by atoms with Crippen molar-refractivity contribution in [2.45, 2.75) is 18.4 Å². The van der Waals surface area contributed by atoms with Crippen molar-refractivity contribution in [1.82, 2.24) is 5.32 Å². The zero-order valence-corrected chi connectivity index (χ0v) is 5.42. The van der Waals surface area contributed by atoms with Crippen LogP contribution in [0.1, 0.15) is 12.8 Å². The van der Waals surface area contributed by atoms with Gasteiger partial charge in [0.25, 0.3) is 0 Å². The van der Waals surface area contributed by atoms with Crippen LogP contribution in [0, 0.1) is 11.3 Å². The smallest absolute Gasteiger partial charge is 0.338 e. The summed E-state index contributed by atoms with van der Waals surface area (Å²) in [6.45, 7) is 0.625. The van der Waals surface area contributed by atoms with Gasteiger partial charge < -0.3 is 5.11 Å². The van der Waals surface area contributed by atoms with E-state index in [1.165, 1.54) is 0 Å². The van der Waals surface area contributed by atoms with Crippen LogP contribution in [0.5, 0.6) is 0 Å². The first-order valence-corrected chi connectivity index (χ1v) is 3.11. The topological polar surface area (TPSA) is 73.1 Å². The molecule has 1 heterocycles. The Balaban J connectivity index is 2.80. The van der Waals surface area contributed by atoms with Crippen LogP contribution in [0.15, 0.2) is 0 Å². The van der Waals surface area contributed by atoms with Crippen LogP contribution in [-0.2, 0) is 4.79 Å². The number of rotatable bonds is 1. The van der Waals surface area contributed by atoms with Crippen LogP contribution in [0.3, 0.4) is 0 Å². The van der Waals surface area contributed by atoms with Crippen LogP contribution >= 0.6 is 0 Å². The summed E-state index contributed by atoms with van der Waals surface area (Å²) in [6.07, 6.45) is 1.18. The molecule has 10 heavy (non-hydrogen) atoms. The largest absolute Gasteiger partial charge is 0.479 e. The van der Waals surface area contributed by atoms with E-state index < -0.39 is 11.5 Å². The molecule has 54 valence electrons. The fourth-order valence-corrected chi connectivity index (χ4v) is 1.07. The van der Waals surface area contributed by atoms with E-state index in [9.17, 15) is 4.79 Å². The number of nitriles is 1. The molecule has 0 aromatic heterocycles. The van der Waals surface area contributed by atoms with Crippen molar-refractivity contribution in [1.29, 1.82) is 5.26 Å². The van der Waals surface area contributed by atoms with Gasteiger partial charge in [-0.05, 0) is 19.4 Å². The Morgan fingerprint density at radius 1 is 1.80 bits per heavy atom. The van der Waals surface area contributed by atoms with Crippen molar-refractivity contribution in [2.75, 3.05) is 6.54 Å². The Morgan fingerprint density at radius 3 is 2.70 bits per heavy atom. The van der Waals surface area contributed by atoms with E-state index in [-0.39, 0.29) is 0 Å². The summed E-state index contributed by atoms with van der Waals surface area (Å²) < 4.78 is 0. The predicted molar refractivity (Wildman–Crippen MR) is 33.2 cm³/mol. The minimum absolute atomic E-state index is 0.416. The Morgan fingerprint density at radius 2 is 2.50 bits per heavy atom. The number of carbonyl (C=O) groups is 1. The van der Waals surface area contributed by atoms with Gasteiger partial charge in [0, 0.05) is 0 Å². The van der Waals surface area contributed by atoms with Gasteiger partial charge >= 0.3 is 5.97 Å². The highest BCUT2D eigenvalue weighted by atomic mass is 16.4. The zero-order valence-electron chi connectivity index (χ0n) is 5.42. The molecule has 0 radical (unpaired) electrons. The van der Waals surface area contributed by atoms with Crippen LogP contribution < -0.4 is 5.32 Å². The molecule has 1 aliphatic rings. The summed E-state index contributed by atoms with van der Waals surface area (Å²) in [5, 5.41) is 19.7. The number of aliphatic carboxylic acids is 1. The van der Waals surface area contributed by atoms with E-state index in [2.05, 4.69) is 5.32 Å². The second-order valence-electron chi connectivity index (χ2n) is 2.35. The highest BCUT2D eigenvalue weighted by molar-refractivity contribution is 5.82. The van der Waals surface area contributed by atoms with Crippen molar-refractivity contribution in [3.8, 4) is 6.07 Å². The van der Waals surface area contributed by atoms with Crippen LogP contribution in [0.4, 0.5) is 0 Å². The molecule has 4 nitrogen and oxygen atoms in total. The first kappa shape index (κ1) is 7.03. The first-order chi connectivity index (χ1) is 4.71. The van der Waals surface area contributed by atoms with Crippen molar-refractivity contribution >= 4 is 5.97 Å². The molecule has 1 aliphatic heterocycles. The molecule has 0 aliphatic carbocycles. The number of carboxylic acid groups (broad SMARTS) is 1. The molecule has 0 aromatic carbocycles. The van der Waals surface area contributed by atoms with Gasteiger partial charge in [-0.25, -0.2) is 4.79 Å². The Hall–Kier alpha value is -1.08. The zero-order chi connectivity index (χ0) is 7.61. The normalized spacial score (nSPS) is 31.5. The summed E-state index contributed by atoms with van der Waals surface area (Å²) in [5.41, 5.74) is -1.29. The van der Waals surface area contributed by atoms with Gasteiger partial charge in [0.15, 0.2) is 0 Å². The van der Waals surface area contributed by atoms with Gasteiger partial charge in [-0.1, -0.05) is 0 Å². The average Bonchev–Trinajstić information content (AvgIpc) is 2.35. The van der Waals surface area contributed by atoms with Gasteiger partial charge in [0.05, 0.1) is 6.07 Å². The molecular formula is C6H8N2O2. The molecule has 1 fully saturated rings. The lowest BCUT2D eigenvalue weighted by Crippen LogP contribution is -2.45. The molecular weight excluding hydrogens is 132 g/mol. The maximum Gasteiger partial charge on any atom is 0.338 e. The SMILES string of the molecule is N#C[C@@]1(C(=O)O)CCCN1. The molecule has 2 N–H and O–H groups in total. The molecule has 4 heteroatoms. The molecule has 0 aromatic rings. The van der Waals surface area contributed by atoms with Crippen molar-refractivity contribution in [2.24, 2.45) is 0 Å². The molecule has 0 bridgehead atoms. The number of nitrogens with one attached hydrogen (secondary N) is 1. The van der Waals surface area contributed by atoms with Crippen molar-refractivity contribution < 1.29 is 9.90 Å². The minimum atomic E-state index is -1.29. The van der Waals surface area contributed by atoms with E-state index in [1.807, 2.05) is 0 Å². The molecule has 1 rings (SSSR count). The fraction of sp³-hybridized carbons (Fsp3) is 0.667. The second kappa shape index (κ2) is 2.27. The summed E-state index contributed by atoms with van der Waals surface area (Å²) >= 11 is 0. The molecule has 0 saturated carbocycles. The van der Waals surface area contributed by atoms with E-state index in [0.717, 1.165) is 6.42 Å². The molecule has 1 atom stereocenters. The Labute approximate surface area is 58.5 Å². The third-order valence-corrected chi connectivity index (χ3v) is 1.71. The maximum absolute atomic E-state index is 10.5. The summed E-state index contributed by atoms with van der Waals surface area (Å²) in [7, 11) is 0. The number of carboxylic acids is 1. The molecule has 1 saturated heterocycles. The highest BCUT2D eigenvalue weighted by Gasteiger charge is 2.41. The highest BCUT2D eigenvalue weighted by Crippen LogP contribution is 2.17. The van der Waals surface area contributed by atoms with Gasteiger partial charge in [-0.2, -0.15) is 5.26 Å². The van der Waals surface area contributed by atoms with Gasteiger partial charge in [-0.3, -0.25) is 5.32 Å². The average molecular weight is 140 g/mol. The summed E-state index contributed by atoms with van der Waals surface area (Å²) in [4.78, 5) is 10.5. The lowest BCUT2D eigenvalue weighted by Gasteiger charge is -2.13. The number of nitrogens with zero attached hydrogens (tertiary/aromatic N) is 1. The number of hydrogen-bond donors (Lipinski definition) is 2. The maximum atomic E-state index is 10.5. The van der Waals surface area contributed by atoms with E-state index in [1.54, 1.807) is 6.07 Å². The quantitative estimate of drug-likeness (QED) is 0.525. The lowest BCUT2D eigenvalue weighted by molar-refractivity contribution is -0.141. The third kappa shape index (κ3) is 0.847. The predicted octanol–water partition coefficient (Wildman–Crippen LogP) is -0.283. The Bertz CT molecular complexity index is 188. The molecule has 0 unspecified atom stereocenters. The van der Waals surface area contributed by atoms with Gasteiger partial charge in [-0.15, -0.1) is 0 Å². The summed E-state index contributed by atoms with van der Waals surface area (Å²) in [5.74, 6) is -1.06. The number of hydrogen-bond acceptors (Lipinski definition) is 3. The molecule has 0 spiro atoms. The standard InChI is InChI=1S/C6H8N2O2/c7-4-6(5(9)10)2-1-3-8-6/h8H,1-3H2,(H,9,10)/t6-/m1/s1. The summed E-state index contributed by atoms with van der Waals surface area (Å²) in [6, 6.07) is 1.77. The third-order valence-electron chi connectivity index (χ3n) is 1.71. The van der Waals surface area contributed by atoms with Crippen molar-refractivity contribution in [3.05, 3.63) is 0 Å². The minimum Gasteiger partial charge on any atom is -0.479 e. The van der Waals surface area contributed by atoms with Crippen LogP contribution in [0.2, 0.25) is 0 Å². The Kier molecular flexibility index (Phi) is 1.60. The van der Waals surface area contributed by atoms with Crippen molar-refractivity contribution in [3.63, 3.8) is 0 Å². The fourth-order valence-electron chi connectivity index (χ4n) is 1.07. The van der Waals surface area contributed by atoms with E-state index in [0.29, 0.717) is 13.0 Å². The van der Waals surface area contributed by atoms with Gasteiger partial charge in [0.1, 0.15) is 0 Å². The van der Waals surface area contributed by atoms with Gasteiger partial charge in [0.2, 0.25) is 5.54 Å².